The number of likely N-dealkylation sites (tertiary alicyclic amines) is 1. The fourth-order valence-corrected chi connectivity index (χ4v) is 1.21. The third kappa shape index (κ3) is 2.38. The maximum absolute atomic E-state index is 11.4. The molecule has 1 saturated heterocycles. The van der Waals surface area contributed by atoms with E-state index in [1.54, 1.807) is 4.90 Å². The van der Waals surface area contributed by atoms with Crippen molar-refractivity contribution in [3.05, 3.63) is 0 Å². The summed E-state index contributed by atoms with van der Waals surface area (Å²) in [7, 11) is 0. The van der Waals surface area contributed by atoms with Crippen LogP contribution in [0.5, 0.6) is 0 Å². The first-order chi connectivity index (χ1) is 6.15. The molecule has 0 aliphatic carbocycles. The lowest BCUT2D eigenvalue weighted by Gasteiger charge is -2.09. The summed E-state index contributed by atoms with van der Waals surface area (Å²) in [5, 5.41) is 3.89. The van der Waals surface area contributed by atoms with Crippen LogP contribution in [0.3, 0.4) is 0 Å². The summed E-state index contributed by atoms with van der Waals surface area (Å²) in [4.78, 5) is 13.1. The second kappa shape index (κ2) is 4.18. The van der Waals surface area contributed by atoms with Crippen LogP contribution in [-0.2, 0) is 4.79 Å². The Bertz CT molecular complexity index is 263. The van der Waals surface area contributed by atoms with Crippen molar-refractivity contribution in [3.63, 3.8) is 0 Å². The van der Waals surface area contributed by atoms with Crippen LogP contribution >= 0.6 is 12.2 Å². The molecule has 0 aromatic rings. The number of nitrogens with zero attached hydrogens (tertiary/aromatic N) is 2. The van der Waals surface area contributed by atoms with Crippen molar-refractivity contribution in [2.45, 2.75) is 13.3 Å². The van der Waals surface area contributed by atoms with Crippen molar-refractivity contribution in [1.29, 1.82) is 0 Å². The van der Waals surface area contributed by atoms with Gasteiger partial charge in [-0.15, -0.1) is 0 Å². The van der Waals surface area contributed by atoms with Gasteiger partial charge < -0.3 is 10.6 Å². The van der Waals surface area contributed by atoms with Gasteiger partial charge in [-0.05, 0) is 19.1 Å². The molecule has 0 atom stereocenters. The Balaban J connectivity index is 2.59. The van der Waals surface area contributed by atoms with Crippen LogP contribution in [-0.4, -0.2) is 34.7 Å². The summed E-state index contributed by atoms with van der Waals surface area (Å²) in [5.41, 5.74) is 8.08. The highest BCUT2D eigenvalue weighted by atomic mass is 32.1. The molecule has 13 heavy (non-hydrogen) atoms. The van der Waals surface area contributed by atoms with E-state index in [9.17, 15) is 4.79 Å². The van der Waals surface area contributed by atoms with Crippen LogP contribution in [0.15, 0.2) is 5.10 Å². The van der Waals surface area contributed by atoms with E-state index in [2.05, 4.69) is 22.7 Å². The monoisotopic (exact) mass is 200 g/mol. The van der Waals surface area contributed by atoms with Crippen LogP contribution in [0.1, 0.15) is 13.3 Å². The molecule has 72 valence electrons. The number of hydrazone groups is 1. The first-order valence-corrected chi connectivity index (χ1v) is 4.47. The molecule has 1 aliphatic rings. The number of rotatable bonds is 2. The molecule has 1 heterocycles. The van der Waals surface area contributed by atoms with Crippen molar-refractivity contribution < 1.29 is 4.79 Å². The van der Waals surface area contributed by atoms with E-state index < -0.39 is 0 Å². The van der Waals surface area contributed by atoms with Gasteiger partial charge in [-0.25, -0.2) is 0 Å². The highest BCUT2D eigenvalue weighted by Crippen LogP contribution is 2.06. The van der Waals surface area contributed by atoms with Crippen LogP contribution in [0, 0.1) is 0 Å². The van der Waals surface area contributed by atoms with Gasteiger partial charge in [0.05, 0.1) is 0 Å². The van der Waals surface area contributed by atoms with Crippen LogP contribution in [0.4, 0.5) is 0 Å². The lowest BCUT2D eigenvalue weighted by molar-refractivity contribution is -0.122. The zero-order valence-electron chi connectivity index (χ0n) is 7.41. The predicted octanol–water partition coefficient (Wildman–Crippen LogP) is -0.572. The largest absolute Gasteiger partial charge is 0.375 e. The summed E-state index contributed by atoms with van der Waals surface area (Å²) in [5.74, 6) is -0.0359. The number of nitrogens with two attached hydrogens (primary N) is 1. The number of carbonyl (C=O) groups is 1. The maximum atomic E-state index is 11.4. The number of amides is 1. The van der Waals surface area contributed by atoms with Crippen LogP contribution in [0.2, 0.25) is 0 Å². The number of carbonyl (C=O) groups excluding carboxylic acids is 1. The molecule has 0 unspecified atom stereocenters. The van der Waals surface area contributed by atoms with Gasteiger partial charge in [-0.2, -0.15) is 5.10 Å². The van der Waals surface area contributed by atoms with Gasteiger partial charge >= 0.3 is 0 Å². The smallest absolute Gasteiger partial charge is 0.270 e. The van der Waals surface area contributed by atoms with Crippen molar-refractivity contribution in [2.24, 2.45) is 10.8 Å². The number of nitrogens with one attached hydrogen (secondary N) is 1. The van der Waals surface area contributed by atoms with E-state index in [-0.39, 0.29) is 11.0 Å². The SMILES string of the molecule is CCN1CC/C(=N/NC(N)=S)C1=O. The minimum atomic E-state index is -0.0359. The Morgan fingerprint density at radius 1 is 1.85 bits per heavy atom. The van der Waals surface area contributed by atoms with Gasteiger partial charge in [0.15, 0.2) is 5.11 Å². The second-order valence-corrected chi connectivity index (χ2v) is 3.11. The number of hydrogen-bond donors (Lipinski definition) is 2. The fraction of sp³-hybridized carbons (Fsp3) is 0.571. The third-order valence-corrected chi connectivity index (χ3v) is 1.93. The molecular weight excluding hydrogens is 188 g/mol. The zero-order valence-corrected chi connectivity index (χ0v) is 8.23. The molecule has 5 nitrogen and oxygen atoms in total. The molecule has 0 bridgehead atoms. The van der Waals surface area contributed by atoms with E-state index >= 15 is 0 Å². The Kier molecular flexibility index (Phi) is 3.18. The van der Waals surface area contributed by atoms with Crippen molar-refractivity contribution >= 4 is 28.9 Å². The molecule has 1 aliphatic heterocycles. The number of hydrogen-bond acceptors (Lipinski definition) is 3. The maximum Gasteiger partial charge on any atom is 0.270 e. The van der Waals surface area contributed by atoms with Crippen LogP contribution < -0.4 is 11.2 Å². The van der Waals surface area contributed by atoms with Crippen LogP contribution in [0.25, 0.3) is 0 Å². The first kappa shape index (κ1) is 9.91. The highest BCUT2D eigenvalue weighted by molar-refractivity contribution is 7.80. The van der Waals surface area contributed by atoms with E-state index in [0.717, 1.165) is 6.54 Å². The topological polar surface area (TPSA) is 70.7 Å². The van der Waals surface area contributed by atoms with Gasteiger partial charge in [-0.3, -0.25) is 10.2 Å². The molecule has 0 aromatic carbocycles. The van der Waals surface area contributed by atoms with Gasteiger partial charge in [0.25, 0.3) is 5.91 Å². The summed E-state index contributed by atoms with van der Waals surface area (Å²) >= 11 is 4.56. The molecule has 1 rings (SSSR count). The molecule has 1 amide bonds. The van der Waals surface area contributed by atoms with Crippen molar-refractivity contribution in [2.75, 3.05) is 13.1 Å². The van der Waals surface area contributed by atoms with Crippen molar-refractivity contribution in [1.82, 2.24) is 10.3 Å². The average molecular weight is 200 g/mol. The minimum absolute atomic E-state index is 0.0359. The standard InChI is InChI=1S/C7H12N4OS/c1-2-11-4-3-5(6(11)12)9-10-7(8)13/h2-4H2,1H3,(H3,8,10,13)/b9-5-. The van der Waals surface area contributed by atoms with E-state index in [1.807, 2.05) is 6.92 Å². The summed E-state index contributed by atoms with van der Waals surface area (Å²) in [6, 6.07) is 0. The molecule has 3 N–H and O–H groups in total. The van der Waals surface area contributed by atoms with Gasteiger partial charge in [0.2, 0.25) is 0 Å². The normalized spacial score (nSPS) is 19.6. The highest BCUT2D eigenvalue weighted by Gasteiger charge is 2.25. The van der Waals surface area contributed by atoms with E-state index in [1.165, 1.54) is 0 Å². The molecule has 0 radical (unpaired) electrons. The van der Waals surface area contributed by atoms with E-state index in [0.29, 0.717) is 18.7 Å². The lowest BCUT2D eigenvalue weighted by atomic mass is 10.3. The first-order valence-electron chi connectivity index (χ1n) is 4.06. The Labute approximate surface area is 82.0 Å². The summed E-state index contributed by atoms with van der Waals surface area (Å²) in [6.07, 6.45) is 0.655. The Morgan fingerprint density at radius 2 is 2.54 bits per heavy atom. The fourth-order valence-electron chi connectivity index (χ4n) is 1.16. The predicted molar refractivity (Wildman–Crippen MR) is 54.2 cm³/mol. The van der Waals surface area contributed by atoms with Gasteiger partial charge in [-0.1, -0.05) is 0 Å². The third-order valence-electron chi connectivity index (χ3n) is 1.84. The average Bonchev–Trinajstić information content (AvgIpc) is 2.43. The molecule has 0 saturated carbocycles. The zero-order chi connectivity index (χ0) is 9.84. The van der Waals surface area contributed by atoms with Gasteiger partial charge in [0, 0.05) is 19.5 Å². The molecule has 6 heteroatoms. The molecule has 0 aromatic heterocycles. The Hall–Kier alpha value is -1.17. The minimum Gasteiger partial charge on any atom is -0.375 e. The molecule has 1 fully saturated rings. The van der Waals surface area contributed by atoms with E-state index in [4.69, 9.17) is 5.73 Å². The molecule has 0 spiro atoms. The number of thiocarbonyl (C=S) groups is 1. The molecular formula is C7H12N4OS. The quantitative estimate of drug-likeness (QED) is 0.462. The summed E-state index contributed by atoms with van der Waals surface area (Å²) < 4.78 is 0. The van der Waals surface area contributed by atoms with Gasteiger partial charge in [0.1, 0.15) is 5.71 Å². The lowest BCUT2D eigenvalue weighted by Crippen LogP contribution is -2.30. The second-order valence-electron chi connectivity index (χ2n) is 2.67. The Morgan fingerprint density at radius 3 is 3.00 bits per heavy atom. The summed E-state index contributed by atoms with van der Waals surface area (Å²) in [6.45, 7) is 3.37. The van der Waals surface area contributed by atoms with Crippen molar-refractivity contribution in [3.8, 4) is 0 Å².